The van der Waals surface area contributed by atoms with Crippen LogP contribution in [0.5, 0.6) is 5.75 Å². The van der Waals surface area contributed by atoms with Gasteiger partial charge in [0.25, 0.3) is 5.91 Å². The predicted molar refractivity (Wildman–Crippen MR) is 127 cm³/mol. The molecule has 1 N–H and O–H groups in total. The van der Waals surface area contributed by atoms with Crippen LogP contribution in [-0.4, -0.2) is 25.6 Å². The van der Waals surface area contributed by atoms with Crippen molar-refractivity contribution in [2.24, 2.45) is 0 Å². The third-order valence-corrected chi connectivity index (χ3v) is 6.80. The zero-order valence-corrected chi connectivity index (χ0v) is 20.5. The quantitative estimate of drug-likeness (QED) is 0.361. The summed E-state index contributed by atoms with van der Waals surface area (Å²) in [5.41, 5.74) is 2.97. The van der Waals surface area contributed by atoms with E-state index in [1.54, 1.807) is 6.07 Å². The van der Waals surface area contributed by atoms with E-state index in [-0.39, 0.29) is 12.5 Å². The van der Waals surface area contributed by atoms with E-state index in [1.165, 1.54) is 18.4 Å². The monoisotopic (exact) mass is 551 g/mol. The summed E-state index contributed by atoms with van der Waals surface area (Å²) in [6.07, 6.45) is 0. The second-order valence-electron chi connectivity index (χ2n) is 6.48. The number of halogens is 2. The molecule has 0 bridgehead atoms. The van der Waals surface area contributed by atoms with E-state index in [0.717, 1.165) is 30.5 Å². The fourth-order valence-electron chi connectivity index (χ4n) is 2.91. The van der Waals surface area contributed by atoms with Crippen molar-refractivity contribution in [3.63, 3.8) is 0 Å². The summed E-state index contributed by atoms with van der Waals surface area (Å²) in [5.74, 6) is -0.265. The number of amides is 1. The van der Waals surface area contributed by atoms with Crippen LogP contribution < -0.4 is 10.1 Å². The summed E-state index contributed by atoms with van der Waals surface area (Å²) < 4.78 is 12.5. The van der Waals surface area contributed by atoms with E-state index in [4.69, 9.17) is 9.47 Å². The number of aryl methyl sites for hydroxylation is 2. The van der Waals surface area contributed by atoms with Crippen LogP contribution in [0.1, 0.15) is 20.8 Å². The summed E-state index contributed by atoms with van der Waals surface area (Å²) in [4.78, 5) is 25.9. The summed E-state index contributed by atoms with van der Waals surface area (Å²) in [7, 11) is 1.32. The lowest BCUT2D eigenvalue weighted by molar-refractivity contribution is -0.118. The van der Waals surface area contributed by atoms with E-state index >= 15 is 0 Å². The number of nitrogens with one attached hydrogen (secondary N) is 1. The van der Waals surface area contributed by atoms with Crippen LogP contribution in [0, 0.1) is 13.8 Å². The number of hydrogen-bond acceptors (Lipinski definition) is 5. The van der Waals surface area contributed by atoms with Crippen LogP contribution in [0.2, 0.25) is 0 Å². The SMILES string of the molecule is COC(=O)c1c(NC(=O)COc2ccc(Br)c(C)c2)sc(C)c1-c1ccc(Br)cc1. The Labute approximate surface area is 195 Å². The maximum atomic E-state index is 12.5. The Hall–Kier alpha value is -2.16. The predicted octanol–water partition coefficient (Wildman–Crippen LogP) is 6.36. The number of esters is 1. The maximum absolute atomic E-state index is 12.5. The van der Waals surface area contributed by atoms with Crippen LogP contribution in [0.4, 0.5) is 5.00 Å². The standard InChI is InChI=1S/C22H19Br2NO4S/c1-12-10-16(8-9-17(12)24)29-11-18(26)25-21-20(22(27)28-3)19(13(2)30-21)14-4-6-15(23)7-5-14/h4-10H,11H2,1-3H3,(H,25,26). The molecule has 0 radical (unpaired) electrons. The molecule has 1 aromatic heterocycles. The van der Waals surface area contributed by atoms with Gasteiger partial charge in [0.15, 0.2) is 6.61 Å². The van der Waals surface area contributed by atoms with Gasteiger partial charge in [0.05, 0.1) is 7.11 Å². The fraction of sp³-hybridized carbons (Fsp3) is 0.182. The largest absolute Gasteiger partial charge is 0.484 e. The van der Waals surface area contributed by atoms with Gasteiger partial charge in [0, 0.05) is 19.4 Å². The number of anilines is 1. The zero-order chi connectivity index (χ0) is 21.8. The van der Waals surface area contributed by atoms with Gasteiger partial charge in [-0.1, -0.05) is 44.0 Å². The summed E-state index contributed by atoms with van der Waals surface area (Å²) >= 11 is 8.18. The molecule has 0 aliphatic heterocycles. The first-order valence-electron chi connectivity index (χ1n) is 8.96. The highest BCUT2D eigenvalue weighted by Crippen LogP contribution is 2.40. The van der Waals surface area contributed by atoms with Crippen LogP contribution in [0.3, 0.4) is 0 Å². The van der Waals surface area contributed by atoms with Crippen molar-refractivity contribution in [1.82, 2.24) is 0 Å². The molecule has 0 atom stereocenters. The molecule has 5 nitrogen and oxygen atoms in total. The summed E-state index contributed by atoms with van der Waals surface area (Å²) in [6, 6.07) is 13.1. The van der Waals surface area contributed by atoms with Crippen LogP contribution in [0.25, 0.3) is 11.1 Å². The summed E-state index contributed by atoms with van der Waals surface area (Å²) in [5, 5.41) is 3.24. The van der Waals surface area contributed by atoms with E-state index in [2.05, 4.69) is 37.2 Å². The number of carbonyl (C=O) groups excluding carboxylic acids is 2. The topological polar surface area (TPSA) is 64.6 Å². The van der Waals surface area contributed by atoms with Crippen molar-refractivity contribution in [3.8, 4) is 16.9 Å². The highest BCUT2D eigenvalue weighted by atomic mass is 79.9. The lowest BCUT2D eigenvalue weighted by Gasteiger charge is -2.10. The lowest BCUT2D eigenvalue weighted by atomic mass is 10.0. The molecule has 0 fully saturated rings. The molecule has 0 aliphatic carbocycles. The Morgan fingerprint density at radius 1 is 1.07 bits per heavy atom. The Morgan fingerprint density at radius 2 is 1.77 bits per heavy atom. The number of thiophene rings is 1. The maximum Gasteiger partial charge on any atom is 0.341 e. The van der Waals surface area contributed by atoms with Gasteiger partial charge in [-0.3, -0.25) is 4.79 Å². The second kappa shape index (κ2) is 9.76. The Balaban J connectivity index is 1.83. The van der Waals surface area contributed by atoms with Crippen molar-refractivity contribution in [3.05, 3.63) is 67.4 Å². The number of methoxy groups -OCH3 is 1. The highest BCUT2D eigenvalue weighted by Gasteiger charge is 2.25. The van der Waals surface area contributed by atoms with E-state index in [9.17, 15) is 9.59 Å². The van der Waals surface area contributed by atoms with Gasteiger partial charge in [-0.15, -0.1) is 11.3 Å². The molecular formula is C22H19Br2NO4S. The van der Waals surface area contributed by atoms with Gasteiger partial charge in [-0.2, -0.15) is 0 Å². The molecule has 30 heavy (non-hydrogen) atoms. The Morgan fingerprint density at radius 3 is 2.40 bits per heavy atom. The molecule has 8 heteroatoms. The molecule has 0 aliphatic rings. The van der Waals surface area contributed by atoms with Gasteiger partial charge in [0.1, 0.15) is 16.3 Å². The second-order valence-corrected chi connectivity index (χ2v) is 9.48. The van der Waals surface area contributed by atoms with Gasteiger partial charge in [-0.05, 0) is 55.3 Å². The fourth-order valence-corrected chi connectivity index (χ4v) is 4.50. The van der Waals surface area contributed by atoms with Crippen LogP contribution >= 0.6 is 43.2 Å². The van der Waals surface area contributed by atoms with E-state index < -0.39 is 5.97 Å². The lowest BCUT2D eigenvalue weighted by Crippen LogP contribution is -2.21. The molecule has 2 aromatic carbocycles. The molecular weight excluding hydrogens is 534 g/mol. The third kappa shape index (κ3) is 5.11. The van der Waals surface area contributed by atoms with E-state index in [0.29, 0.717) is 16.3 Å². The van der Waals surface area contributed by atoms with Crippen molar-refractivity contribution in [2.75, 3.05) is 19.0 Å². The molecule has 3 rings (SSSR count). The Kier molecular flexibility index (Phi) is 7.33. The first-order chi connectivity index (χ1) is 14.3. The number of carbonyl (C=O) groups is 2. The average molecular weight is 553 g/mol. The highest BCUT2D eigenvalue weighted by molar-refractivity contribution is 9.10. The number of benzene rings is 2. The van der Waals surface area contributed by atoms with Gasteiger partial charge in [0.2, 0.25) is 0 Å². The van der Waals surface area contributed by atoms with E-state index in [1.807, 2.05) is 50.2 Å². The Bertz CT molecular complexity index is 1090. The first kappa shape index (κ1) is 22.5. The average Bonchev–Trinajstić information content (AvgIpc) is 3.04. The van der Waals surface area contributed by atoms with Gasteiger partial charge < -0.3 is 14.8 Å². The minimum Gasteiger partial charge on any atom is -0.484 e. The molecule has 0 saturated heterocycles. The molecule has 156 valence electrons. The van der Waals surface area contributed by atoms with Crippen molar-refractivity contribution in [1.29, 1.82) is 0 Å². The van der Waals surface area contributed by atoms with Crippen molar-refractivity contribution >= 4 is 60.1 Å². The smallest absolute Gasteiger partial charge is 0.341 e. The third-order valence-electron chi connectivity index (χ3n) is 4.36. The summed E-state index contributed by atoms with van der Waals surface area (Å²) in [6.45, 7) is 3.68. The zero-order valence-electron chi connectivity index (χ0n) is 16.5. The normalized spacial score (nSPS) is 10.6. The molecule has 1 heterocycles. The van der Waals surface area contributed by atoms with Gasteiger partial charge >= 0.3 is 5.97 Å². The molecule has 3 aromatic rings. The van der Waals surface area contributed by atoms with Crippen LogP contribution in [-0.2, 0) is 9.53 Å². The first-order valence-corrected chi connectivity index (χ1v) is 11.4. The van der Waals surface area contributed by atoms with Crippen LogP contribution in [0.15, 0.2) is 51.4 Å². The number of ether oxygens (including phenoxy) is 2. The van der Waals surface area contributed by atoms with Crippen molar-refractivity contribution in [2.45, 2.75) is 13.8 Å². The number of rotatable bonds is 6. The molecule has 0 spiro atoms. The molecule has 1 amide bonds. The minimum atomic E-state index is -0.503. The molecule has 0 unspecified atom stereocenters. The number of hydrogen-bond donors (Lipinski definition) is 1. The minimum absolute atomic E-state index is 0.174. The molecule has 0 saturated carbocycles. The van der Waals surface area contributed by atoms with Gasteiger partial charge in [-0.25, -0.2) is 4.79 Å². The van der Waals surface area contributed by atoms with Crippen molar-refractivity contribution < 1.29 is 19.1 Å².